The number of rotatable bonds is 4. The summed E-state index contributed by atoms with van der Waals surface area (Å²) < 4.78 is 11.1. The van der Waals surface area contributed by atoms with E-state index >= 15 is 0 Å². The van der Waals surface area contributed by atoms with Gasteiger partial charge in [0.1, 0.15) is 0 Å². The van der Waals surface area contributed by atoms with Gasteiger partial charge in [-0.25, -0.2) is 4.79 Å². The largest absolute Gasteiger partial charge is 0.465 e. The number of aromatic nitrogens is 1. The highest BCUT2D eigenvalue weighted by Crippen LogP contribution is 2.34. The Balaban J connectivity index is 1.90. The summed E-state index contributed by atoms with van der Waals surface area (Å²) in [5.74, 6) is -0.355. The van der Waals surface area contributed by atoms with Crippen molar-refractivity contribution < 1.29 is 14.3 Å². The lowest BCUT2D eigenvalue weighted by molar-refractivity contribution is -0.0707. The minimum atomic E-state index is -0.355. The molecule has 1 aliphatic rings. The molecule has 1 aliphatic heterocycles. The third-order valence-corrected chi connectivity index (χ3v) is 5.29. The molecular weight excluding hydrogens is 364 g/mol. The number of carbonyl (C=O) groups is 1. The van der Waals surface area contributed by atoms with Gasteiger partial charge in [0.05, 0.1) is 36.1 Å². The molecule has 1 aromatic heterocycles. The second-order valence-electron chi connectivity index (χ2n) is 7.63. The van der Waals surface area contributed by atoms with Gasteiger partial charge in [-0.2, -0.15) is 0 Å². The van der Waals surface area contributed by atoms with Gasteiger partial charge in [0.2, 0.25) is 0 Å². The van der Waals surface area contributed by atoms with Crippen molar-refractivity contribution in [1.29, 1.82) is 0 Å². The second-order valence-corrected chi connectivity index (χ2v) is 7.63. The molecule has 1 saturated heterocycles. The molecule has 2 atom stereocenters. The molecule has 4 rings (SSSR count). The van der Waals surface area contributed by atoms with E-state index in [-0.39, 0.29) is 18.2 Å². The highest BCUT2D eigenvalue weighted by Gasteiger charge is 2.27. The Kier molecular flexibility index (Phi) is 5.60. The van der Waals surface area contributed by atoms with E-state index in [9.17, 15) is 4.79 Å². The molecule has 2 heterocycles. The first-order valence-electron chi connectivity index (χ1n) is 10.00. The Labute approximate surface area is 171 Å². The number of hydrogen-bond donors (Lipinski definition) is 0. The van der Waals surface area contributed by atoms with Gasteiger partial charge < -0.3 is 9.47 Å². The van der Waals surface area contributed by atoms with Crippen LogP contribution >= 0.6 is 0 Å². The second kappa shape index (κ2) is 8.31. The summed E-state index contributed by atoms with van der Waals surface area (Å²) in [6.45, 7) is 6.34. The molecule has 0 amide bonds. The van der Waals surface area contributed by atoms with Crippen molar-refractivity contribution >= 4 is 16.9 Å². The summed E-state index contributed by atoms with van der Waals surface area (Å²) in [6.07, 6.45) is 0.295. The van der Waals surface area contributed by atoms with Crippen molar-refractivity contribution in [3.63, 3.8) is 0 Å². The standard InChI is InChI=1S/C24H26N2O3/c1-16-13-26(14-17(2)29-16)15-21-23(24(27)28-3)22(18-9-5-4-6-10-18)19-11-7-8-12-20(19)25-21/h4-12,16-17H,13-15H2,1-3H3/t16-,17+. The summed E-state index contributed by atoms with van der Waals surface area (Å²) in [5, 5.41) is 0.951. The van der Waals surface area contributed by atoms with Crippen LogP contribution in [0.2, 0.25) is 0 Å². The maximum atomic E-state index is 12.9. The highest BCUT2D eigenvalue weighted by atomic mass is 16.5. The van der Waals surface area contributed by atoms with E-state index < -0.39 is 0 Å². The van der Waals surface area contributed by atoms with Crippen molar-refractivity contribution in [3.8, 4) is 11.1 Å². The van der Waals surface area contributed by atoms with Crippen LogP contribution in [0, 0.1) is 0 Å². The van der Waals surface area contributed by atoms with Gasteiger partial charge in [-0.05, 0) is 25.5 Å². The molecule has 1 fully saturated rings. The number of carbonyl (C=O) groups excluding carboxylic acids is 1. The number of benzene rings is 2. The van der Waals surface area contributed by atoms with Crippen LogP contribution in [0.5, 0.6) is 0 Å². The Morgan fingerprint density at radius 3 is 2.41 bits per heavy atom. The summed E-state index contributed by atoms with van der Waals surface area (Å²) in [6, 6.07) is 18.0. The van der Waals surface area contributed by atoms with Gasteiger partial charge >= 0.3 is 5.97 Å². The first kappa shape index (κ1) is 19.6. The number of hydrogen-bond acceptors (Lipinski definition) is 5. The van der Waals surface area contributed by atoms with Crippen LogP contribution in [-0.4, -0.2) is 48.3 Å². The Bertz CT molecular complexity index is 1010. The lowest BCUT2D eigenvalue weighted by Crippen LogP contribution is -2.45. The van der Waals surface area contributed by atoms with Gasteiger partial charge in [-0.15, -0.1) is 0 Å². The quantitative estimate of drug-likeness (QED) is 0.622. The molecule has 0 saturated carbocycles. The van der Waals surface area contributed by atoms with Crippen molar-refractivity contribution in [2.45, 2.75) is 32.6 Å². The normalized spacial score (nSPS) is 20.0. The fraction of sp³-hybridized carbons (Fsp3) is 0.333. The molecule has 5 heteroatoms. The molecule has 5 nitrogen and oxygen atoms in total. The molecule has 0 radical (unpaired) electrons. The van der Waals surface area contributed by atoms with Gasteiger partial charge in [0, 0.05) is 30.6 Å². The minimum absolute atomic E-state index is 0.148. The van der Waals surface area contributed by atoms with E-state index in [4.69, 9.17) is 14.5 Å². The zero-order chi connectivity index (χ0) is 20.4. The van der Waals surface area contributed by atoms with Crippen molar-refractivity contribution in [1.82, 2.24) is 9.88 Å². The monoisotopic (exact) mass is 390 g/mol. The number of morpholine rings is 1. The zero-order valence-electron chi connectivity index (χ0n) is 17.1. The smallest absolute Gasteiger partial charge is 0.340 e. The minimum Gasteiger partial charge on any atom is -0.465 e. The average Bonchev–Trinajstić information content (AvgIpc) is 2.72. The fourth-order valence-electron chi connectivity index (χ4n) is 4.23. The molecule has 150 valence electrons. The first-order valence-corrected chi connectivity index (χ1v) is 10.00. The van der Waals surface area contributed by atoms with Gasteiger partial charge in [-0.3, -0.25) is 9.88 Å². The highest BCUT2D eigenvalue weighted by molar-refractivity contribution is 6.07. The summed E-state index contributed by atoms with van der Waals surface area (Å²) in [5.41, 5.74) is 4.03. The fourth-order valence-corrected chi connectivity index (χ4v) is 4.23. The number of fused-ring (bicyclic) bond motifs is 1. The predicted octanol–water partition coefficient (Wildman–Crippen LogP) is 4.30. The van der Waals surface area contributed by atoms with E-state index in [1.807, 2.05) is 54.6 Å². The molecular formula is C24H26N2O3. The van der Waals surface area contributed by atoms with Crippen LogP contribution in [0.1, 0.15) is 29.9 Å². The van der Waals surface area contributed by atoms with Crippen LogP contribution < -0.4 is 0 Å². The summed E-state index contributed by atoms with van der Waals surface area (Å²) in [4.78, 5) is 20.1. The number of ether oxygens (including phenoxy) is 2. The van der Waals surface area contributed by atoms with Crippen molar-refractivity contribution in [2.75, 3.05) is 20.2 Å². The molecule has 0 bridgehead atoms. The Morgan fingerprint density at radius 2 is 1.72 bits per heavy atom. The lowest BCUT2D eigenvalue weighted by Gasteiger charge is -2.35. The van der Waals surface area contributed by atoms with Crippen LogP contribution in [0.3, 0.4) is 0 Å². The maximum Gasteiger partial charge on any atom is 0.340 e. The zero-order valence-corrected chi connectivity index (χ0v) is 17.1. The summed E-state index contributed by atoms with van der Waals surface area (Å²) >= 11 is 0. The molecule has 0 N–H and O–H groups in total. The summed E-state index contributed by atoms with van der Waals surface area (Å²) in [7, 11) is 1.43. The van der Waals surface area contributed by atoms with Gasteiger partial charge in [0.15, 0.2) is 0 Å². The molecule has 0 spiro atoms. The Hall–Kier alpha value is -2.76. The van der Waals surface area contributed by atoms with E-state index in [1.165, 1.54) is 7.11 Å². The topological polar surface area (TPSA) is 51.7 Å². The predicted molar refractivity (Wildman–Crippen MR) is 114 cm³/mol. The molecule has 2 aromatic carbocycles. The van der Waals surface area contributed by atoms with Crippen LogP contribution in [0.4, 0.5) is 0 Å². The van der Waals surface area contributed by atoms with E-state index in [1.54, 1.807) is 0 Å². The molecule has 29 heavy (non-hydrogen) atoms. The Morgan fingerprint density at radius 1 is 1.07 bits per heavy atom. The van der Waals surface area contributed by atoms with E-state index in [0.717, 1.165) is 40.8 Å². The van der Waals surface area contributed by atoms with Crippen molar-refractivity contribution in [2.24, 2.45) is 0 Å². The van der Waals surface area contributed by atoms with E-state index in [2.05, 4.69) is 18.7 Å². The van der Waals surface area contributed by atoms with Crippen LogP contribution in [0.25, 0.3) is 22.0 Å². The molecule has 0 aliphatic carbocycles. The number of methoxy groups -OCH3 is 1. The number of nitrogens with zero attached hydrogens (tertiary/aromatic N) is 2. The lowest BCUT2D eigenvalue weighted by atomic mass is 9.93. The van der Waals surface area contributed by atoms with Gasteiger partial charge in [0.25, 0.3) is 0 Å². The molecule has 0 unspecified atom stereocenters. The maximum absolute atomic E-state index is 12.9. The SMILES string of the molecule is COC(=O)c1c(CN2C[C@@H](C)O[C@@H](C)C2)nc2ccccc2c1-c1ccccc1. The average molecular weight is 390 g/mol. The van der Waals surface area contributed by atoms with E-state index in [0.29, 0.717) is 12.1 Å². The number of para-hydroxylation sites is 1. The molecule has 3 aromatic rings. The van der Waals surface area contributed by atoms with Crippen molar-refractivity contribution in [3.05, 3.63) is 65.9 Å². The third kappa shape index (κ3) is 4.02. The first-order chi connectivity index (χ1) is 14.1. The van der Waals surface area contributed by atoms with Crippen LogP contribution in [0.15, 0.2) is 54.6 Å². The number of pyridine rings is 1. The third-order valence-electron chi connectivity index (χ3n) is 5.29. The van der Waals surface area contributed by atoms with Gasteiger partial charge in [-0.1, -0.05) is 48.5 Å². The number of esters is 1. The van der Waals surface area contributed by atoms with Crippen LogP contribution in [-0.2, 0) is 16.0 Å².